The number of hydrogen-bond donors (Lipinski definition) is 0. The predicted molar refractivity (Wildman–Crippen MR) is 106 cm³/mol. The van der Waals surface area contributed by atoms with E-state index in [4.69, 9.17) is 27.6 Å². The molecular formula is C20H18Cl2FN3O2. The fourth-order valence-corrected chi connectivity index (χ4v) is 3.17. The van der Waals surface area contributed by atoms with Gasteiger partial charge in [0.25, 0.3) is 0 Å². The molecule has 146 valence electrons. The molecule has 0 aliphatic rings. The Balaban J connectivity index is 1.79. The van der Waals surface area contributed by atoms with Crippen molar-refractivity contribution in [1.29, 1.82) is 0 Å². The molecule has 0 aliphatic carbocycles. The van der Waals surface area contributed by atoms with Crippen LogP contribution in [-0.2, 0) is 17.8 Å². The molecule has 28 heavy (non-hydrogen) atoms. The van der Waals surface area contributed by atoms with E-state index in [0.29, 0.717) is 10.6 Å². The van der Waals surface area contributed by atoms with Crippen molar-refractivity contribution in [1.82, 2.24) is 15.1 Å². The van der Waals surface area contributed by atoms with E-state index in [2.05, 4.69) is 10.2 Å². The average molecular weight is 422 g/mol. The number of benzene rings is 2. The topological polar surface area (TPSA) is 59.2 Å². The van der Waals surface area contributed by atoms with E-state index >= 15 is 0 Å². The second kappa shape index (κ2) is 8.71. The third-order valence-electron chi connectivity index (χ3n) is 4.21. The molecular weight excluding hydrogens is 404 g/mol. The molecule has 3 rings (SSSR count). The smallest absolute Gasteiger partial charge is 0.249 e. The summed E-state index contributed by atoms with van der Waals surface area (Å²) in [4.78, 5) is 14.3. The summed E-state index contributed by atoms with van der Waals surface area (Å²) in [6.07, 6.45) is -0.158. The summed E-state index contributed by atoms with van der Waals surface area (Å²) in [6, 6.07) is 11.3. The second-order valence-electron chi connectivity index (χ2n) is 6.47. The van der Waals surface area contributed by atoms with Gasteiger partial charge in [0, 0.05) is 16.6 Å². The van der Waals surface area contributed by atoms with Gasteiger partial charge in [-0.25, -0.2) is 4.39 Å². The first kappa shape index (κ1) is 20.3. The molecule has 5 nitrogen and oxygen atoms in total. The number of aromatic nitrogens is 2. The highest BCUT2D eigenvalue weighted by Crippen LogP contribution is 2.27. The van der Waals surface area contributed by atoms with E-state index < -0.39 is 5.82 Å². The molecule has 0 saturated carbocycles. The van der Waals surface area contributed by atoms with Crippen LogP contribution in [0.3, 0.4) is 0 Å². The highest BCUT2D eigenvalue weighted by molar-refractivity contribution is 6.33. The minimum atomic E-state index is -0.511. The Labute approximate surface area is 172 Å². The van der Waals surface area contributed by atoms with Crippen molar-refractivity contribution in [2.24, 2.45) is 0 Å². The fraction of sp³-hybridized carbons (Fsp3) is 0.250. The molecule has 8 heteroatoms. The first-order chi connectivity index (χ1) is 13.4. The number of rotatable bonds is 6. The van der Waals surface area contributed by atoms with Crippen molar-refractivity contribution in [2.75, 3.05) is 0 Å². The van der Waals surface area contributed by atoms with Crippen molar-refractivity contribution >= 4 is 29.1 Å². The largest absolute Gasteiger partial charge is 0.419 e. The summed E-state index contributed by atoms with van der Waals surface area (Å²) in [5.41, 5.74) is 0.783. The van der Waals surface area contributed by atoms with E-state index in [-0.39, 0.29) is 47.3 Å². The molecule has 1 aromatic heterocycles. The van der Waals surface area contributed by atoms with Crippen LogP contribution in [0.2, 0.25) is 10.0 Å². The van der Waals surface area contributed by atoms with Gasteiger partial charge < -0.3 is 9.32 Å². The van der Waals surface area contributed by atoms with Gasteiger partial charge in [-0.3, -0.25) is 4.79 Å². The summed E-state index contributed by atoms with van der Waals surface area (Å²) in [7, 11) is 0. The summed E-state index contributed by atoms with van der Waals surface area (Å²) in [6.45, 7) is 3.80. The van der Waals surface area contributed by atoms with Gasteiger partial charge in [0.05, 0.1) is 23.6 Å². The summed E-state index contributed by atoms with van der Waals surface area (Å²) in [5, 5.41) is 8.73. The number of carbonyl (C=O) groups is 1. The molecule has 3 aromatic rings. The van der Waals surface area contributed by atoms with Gasteiger partial charge in [-0.15, -0.1) is 10.2 Å². The van der Waals surface area contributed by atoms with Crippen LogP contribution in [0.1, 0.15) is 25.3 Å². The van der Waals surface area contributed by atoms with Gasteiger partial charge in [-0.05, 0) is 38.1 Å². The van der Waals surface area contributed by atoms with Crippen LogP contribution < -0.4 is 0 Å². The third-order valence-corrected chi connectivity index (χ3v) is 4.89. The van der Waals surface area contributed by atoms with Crippen LogP contribution >= 0.6 is 23.2 Å². The van der Waals surface area contributed by atoms with Gasteiger partial charge >= 0.3 is 0 Å². The standard InChI is InChI=1S/C20H18Cl2FN3O2/c1-12(2)26(19(27)10-14-16(22)8-5-9-17(14)23)11-18-24-25-20(28-18)13-6-3-4-7-15(13)21/h3-9,12H,10-11H2,1-2H3. The Bertz CT molecular complexity index is 971. The first-order valence-electron chi connectivity index (χ1n) is 8.66. The maximum absolute atomic E-state index is 14.0. The Morgan fingerprint density at radius 3 is 2.50 bits per heavy atom. The van der Waals surface area contributed by atoms with Gasteiger partial charge in [0.1, 0.15) is 5.82 Å². The van der Waals surface area contributed by atoms with Gasteiger partial charge in [-0.2, -0.15) is 0 Å². The van der Waals surface area contributed by atoms with Gasteiger partial charge in [0.15, 0.2) is 0 Å². The Morgan fingerprint density at radius 1 is 1.11 bits per heavy atom. The number of carbonyl (C=O) groups excluding carboxylic acids is 1. The first-order valence-corrected chi connectivity index (χ1v) is 9.42. The van der Waals surface area contributed by atoms with Crippen LogP contribution in [0.15, 0.2) is 46.9 Å². The Hall–Kier alpha value is -2.44. The van der Waals surface area contributed by atoms with Crippen molar-refractivity contribution in [3.05, 3.63) is 69.8 Å². The molecule has 0 saturated heterocycles. The zero-order chi connectivity index (χ0) is 20.3. The lowest BCUT2D eigenvalue weighted by atomic mass is 10.1. The monoisotopic (exact) mass is 421 g/mol. The van der Waals surface area contributed by atoms with Crippen molar-refractivity contribution < 1.29 is 13.6 Å². The van der Waals surface area contributed by atoms with E-state index in [1.54, 1.807) is 24.3 Å². The minimum Gasteiger partial charge on any atom is -0.419 e. The quantitative estimate of drug-likeness (QED) is 0.551. The predicted octanol–water partition coefficient (Wildman–Crippen LogP) is 5.16. The third kappa shape index (κ3) is 4.51. The Kier molecular flexibility index (Phi) is 6.31. The van der Waals surface area contributed by atoms with Gasteiger partial charge in [0.2, 0.25) is 17.7 Å². The highest BCUT2D eigenvalue weighted by Gasteiger charge is 2.23. The number of nitrogens with zero attached hydrogens (tertiary/aromatic N) is 3. The fourth-order valence-electron chi connectivity index (χ4n) is 2.72. The number of hydrogen-bond acceptors (Lipinski definition) is 4. The van der Waals surface area contributed by atoms with Crippen LogP contribution in [0.25, 0.3) is 11.5 Å². The maximum Gasteiger partial charge on any atom is 0.249 e. The lowest BCUT2D eigenvalue weighted by molar-refractivity contribution is -0.133. The lowest BCUT2D eigenvalue weighted by Crippen LogP contribution is -2.37. The average Bonchev–Trinajstić information content (AvgIpc) is 3.11. The minimum absolute atomic E-state index is 0.0972. The molecule has 0 N–H and O–H groups in total. The van der Waals surface area contributed by atoms with E-state index in [0.717, 1.165) is 0 Å². The second-order valence-corrected chi connectivity index (χ2v) is 7.29. The summed E-state index contributed by atoms with van der Waals surface area (Å²) < 4.78 is 19.7. The maximum atomic E-state index is 14.0. The molecule has 1 heterocycles. The Morgan fingerprint density at radius 2 is 1.82 bits per heavy atom. The summed E-state index contributed by atoms with van der Waals surface area (Å²) in [5.74, 6) is -0.270. The number of halogens is 3. The van der Waals surface area contributed by atoms with E-state index in [1.165, 1.54) is 17.0 Å². The molecule has 0 spiro atoms. The van der Waals surface area contributed by atoms with Gasteiger partial charge in [-0.1, -0.05) is 41.4 Å². The molecule has 0 atom stereocenters. The molecule has 0 fully saturated rings. The lowest BCUT2D eigenvalue weighted by Gasteiger charge is -2.25. The zero-order valence-electron chi connectivity index (χ0n) is 15.3. The van der Waals surface area contributed by atoms with Crippen LogP contribution in [0.4, 0.5) is 4.39 Å². The van der Waals surface area contributed by atoms with Crippen molar-refractivity contribution in [3.8, 4) is 11.5 Å². The van der Waals surface area contributed by atoms with E-state index in [9.17, 15) is 9.18 Å². The number of amides is 1. The van der Waals surface area contributed by atoms with Crippen LogP contribution in [0, 0.1) is 5.82 Å². The zero-order valence-corrected chi connectivity index (χ0v) is 16.8. The van der Waals surface area contributed by atoms with Crippen molar-refractivity contribution in [2.45, 2.75) is 32.9 Å². The molecule has 0 aliphatic heterocycles. The highest BCUT2D eigenvalue weighted by atomic mass is 35.5. The van der Waals surface area contributed by atoms with Crippen LogP contribution in [-0.4, -0.2) is 27.0 Å². The van der Waals surface area contributed by atoms with Crippen LogP contribution in [0.5, 0.6) is 0 Å². The molecule has 0 radical (unpaired) electrons. The van der Waals surface area contributed by atoms with Crippen molar-refractivity contribution in [3.63, 3.8) is 0 Å². The van der Waals surface area contributed by atoms with E-state index in [1.807, 2.05) is 19.9 Å². The molecule has 1 amide bonds. The summed E-state index contributed by atoms with van der Waals surface area (Å²) >= 11 is 12.2. The SMILES string of the molecule is CC(C)N(Cc1nnc(-c2ccccc2Cl)o1)C(=O)Cc1c(F)cccc1Cl. The normalized spacial score (nSPS) is 11.1. The molecule has 0 bridgehead atoms. The molecule has 2 aromatic carbocycles. The molecule has 0 unspecified atom stereocenters.